The van der Waals surface area contributed by atoms with E-state index in [-0.39, 0.29) is 24.2 Å². The average Bonchev–Trinajstić information content (AvgIpc) is 3.07. The van der Waals surface area contributed by atoms with E-state index >= 15 is 0 Å². The summed E-state index contributed by atoms with van der Waals surface area (Å²) in [5.74, 6) is 0.948. The lowest BCUT2D eigenvalue weighted by Gasteiger charge is -2.17. The normalized spacial score (nSPS) is 12.8. The van der Waals surface area contributed by atoms with Crippen LogP contribution in [0.2, 0.25) is 0 Å². The van der Waals surface area contributed by atoms with Gasteiger partial charge in [0.1, 0.15) is 5.75 Å². The Morgan fingerprint density at radius 3 is 2.50 bits per heavy atom. The molecule has 0 fully saturated rings. The van der Waals surface area contributed by atoms with Crippen molar-refractivity contribution in [2.45, 2.75) is 32.9 Å². The van der Waals surface area contributed by atoms with Crippen LogP contribution in [0, 0.1) is 5.92 Å². The highest BCUT2D eigenvalue weighted by Crippen LogP contribution is 2.29. The summed E-state index contributed by atoms with van der Waals surface area (Å²) in [6.07, 6.45) is 0.898. The molecule has 1 aromatic heterocycles. The van der Waals surface area contributed by atoms with Crippen LogP contribution in [0.4, 0.5) is 0 Å². The van der Waals surface area contributed by atoms with Gasteiger partial charge in [0.2, 0.25) is 5.91 Å². The molecule has 0 aliphatic heterocycles. The number of methoxy groups -OCH3 is 1. The Labute approximate surface area is 153 Å². The number of rotatable bonds is 7. The van der Waals surface area contributed by atoms with Crippen LogP contribution in [0.3, 0.4) is 0 Å². The third-order valence-corrected chi connectivity index (χ3v) is 5.17. The number of thiophene rings is 1. The zero-order valence-electron chi connectivity index (χ0n) is 14.2. The van der Waals surface area contributed by atoms with Crippen molar-refractivity contribution in [1.29, 1.82) is 0 Å². The van der Waals surface area contributed by atoms with Gasteiger partial charge in [0.25, 0.3) is 0 Å². The summed E-state index contributed by atoms with van der Waals surface area (Å²) in [5, 5.41) is 2.92. The van der Waals surface area contributed by atoms with Crippen LogP contribution in [-0.4, -0.2) is 19.1 Å². The molecule has 2 aromatic rings. The molecule has 4 nitrogen and oxygen atoms in total. The van der Waals surface area contributed by atoms with Crippen molar-refractivity contribution in [3.05, 3.63) is 41.3 Å². The van der Waals surface area contributed by atoms with Crippen molar-refractivity contribution in [1.82, 2.24) is 5.32 Å². The first kappa shape index (κ1) is 20.5. The maximum Gasteiger partial charge on any atom is 0.237 e. The second-order valence-electron chi connectivity index (χ2n) is 5.62. The number of carbonyl (C=O) groups is 1. The first-order chi connectivity index (χ1) is 11.0. The summed E-state index contributed by atoms with van der Waals surface area (Å²) in [6, 6.07) is 11.6. The van der Waals surface area contributed by atoms with E-state index in [1.54, 1.807) is 18.4 Å². The maximum atomic E-state index is 12.0. The largest absolute Gasteiger partial charge is 0.497 e. The summed E-state index contributed by atoms with van der Waals surface area (Å²) in [5.41, 5.74) is 7.08. The molecule has 0 aliphatic carbocycles. The van der Waals surface area contributed by atoms with Crippen LogP contribution in [-0.2, 0) is 11.3 Å². The first-order valence-electron chi connectivity index (χ1n) is 7.81. The minimum Gasteiger partial charge on any atom is -0.497 e. The fraction of sp³-hybridized carbons (Fsp3) is 0.389. The van der Waals surface area contributed by atoms with Gasteiger partial charge in [0.05, 0.1) is 19.7 Å². The maximum absolute atomic E-state index is 12.0. The fourth-order valence-electron chi connectivity index (χ4n) is 2.19. The number of benzene rings is 1. The molecule has 0 radical (unpaired) electrons. The lowest BCUT2D eigenvalue weighted by molar-refractivity contribution is -0.123. The van der Waals surface area contributed by atoms with Crippen molar-refractivity contribution in [2.75, 3.05) is 7.11 Å². The van der Waals surface area contributed by atoms with Gasteiger partial charge in [-0.15, -0.1) is 23.7 Å². The molecule has 24 heavy (non-hydrogen) atoms. The predicted octanol–water partition coefficient (Wildman–Crippen LogP) is 3.84. The predicted molar refractivity (Wildman–Crippen MR) is 103 cm³/mol. The van der Waals surface area contributed by atoms with Crippen molar-refractivity contribution >= 4 is 29.7 Å². The zero-order chi connectivity index (χ0) is 16.8. The van der Waals surface area contributed by atoms with Crippen molar-refractivity contribution in [2.24, 2.45) is 11.7 Å². The molecule has 1 aromatic carbocycles. The Kier molecular flexibility index (Phi) is 8.25. The molecule has 3 N–H and O–H groups in total. The zero-order valence-corrected chi connectivity index (χ0v) is 15.9. The molecule has 1 amide bonds. The summed E-state index contributed by atoms with van der Waals surface area (Å²) < 4.78 is 5.17. The highest BCUT2D eigenvalue weighted by Gasteiger charge is 2.19. The van der Waals surface area contributed by atoms with E-state index in [1.807, 2.05) is 44.2 Å². The number of ether oxygens (including phenoxy) is 1. The molecule has 0 saturated carbocycles. The van der Waals surface area contributed by atoms with Gasteiger partial charge in [-0.25, -0.2) is 0 Å². The third kappa shape index (κ3) is 5.23. The molecule has 0 spiro atoms. The van der Waals surface area contributed by atoms with Crippen LogP contribution in [0.15, 0.2) is 36.4 Å². The number of nitrogens with one attached hydrogen (secondary N) is 1. The molecule has 132 valence electrons. The fourth-order valence-corrected chi connectivity index (χ4v) is 3.14. The third-order valence-electron chi connectivity index (χ3n) is 4.03. The summed E-state index contributed by atoms with van der Waals surface area (Å²) >= 11 is 1.67. The van der Waals surface area contributed by atoms with Gasteiger partial charge in [-0.1, -0.05) is 20.3 Å². The van der Waals surface area contributed by atoms with Gasteiger partial charge in [-0.05, 0) is 47.9 Å². The minimum atomic E-state index is -0.443. The first-order valence-corrected chi connectivity index (χ1v) is 8.63. The van der Waals surface area contributed by atoms with E-state index in [0.29, 0.717) is 6.54 Å². The molecule has 1 heterocycles. The van der Waals surface area contributed by atoms with Gasteiger partial charge in [0.15, 0.2) is 0 Å². The average molecular weight is 369 g/mol. The van der Waals surface area contributed by atoms with Crippen LogP contribution < -0.4 is 15.8 Å². The second kappa shape index (κ2) is 9.67. The molecule has 2 rings (SSSR count). The van der Waals surface area contributed by atoms with E-state index in [1.165, 1.54) is 4.88 Å². The topological polar surface area (TPSA) is 64.4 Å². The molecule has 2 atom stereocenters. The molecule has 0 bridgehead atoms. The number of halogens is 1. The second-order valence-corrected chi connectivity index (χ2v) is 6.79. The summed E-state index contributed by atoms with van der Waals surface area (Å²) in [6.45, 7) is 4.55. The number of nitrogens with two attached hydrogens (primary N) is 1. The summed E-state index contributed by atoms with van der Waals surface area (Å²) in [4.78, 5) is 14.3. The smallest absolute Gasteiger partial charge is 0.237 e. The highest BCUT2D eigenvalue weighted by atomic mass is 35.5. The Bertz CT molecular complexity index is 643. The standard InChI is InChI=1S/C18H24N2O2S.ClH/c1-4-12(2)17(19)18(21)20-11-15-9-10-16(23-15)13-5-7-14(22-3)8-6-13;/h5-10,12,17H,4,11,19H2,1-3H3,(H,20,21);1H. The van der Waals surface area contributed by atoms with E-state index in [0.717, 1.165) is 22.6 Å². The molecule has 6 heteroatoms. The van der Waals surface area contributed by atoms with Gasteiger partial charge in [-0.2, -0.15) is 0 Å². The summed E-state index contributed by atoms with van der Waals surface area (Å²) in [7, 11) is 1.66. The van der Waals surface area contributed by atoms with Gasteiger partial charge < -0.3 is 15.8 Å². The van der Waals surface area contributed by atoms with E-state index in [4.69, 9.17) is 10.5 Å². The lowest BCUT2D eigenvalue weighted by Crippen LogP contribution is -2.44. The van der Waals surface area contributed by atoms with Crippen LogP contribution in [0.25, 0.3) is 10.4 Å². The van der Waals surface area contributed by atoms with Crippen LogP contribution in [0.1, 0.15) is 25.1 Å². The van der Waals surface area contributed by atoms with Crippen molar-refractivity contribution in [3.8, 4) is 16.2 Å². The van der Waals surface area contributed by atoms with Crippen molar-refractivity contribution in [3.63, 3.8) is 0 Å². The molecule has 0 saturated heterocycles. The number of carbonyl (C=O) groups excluding carboxylic acids is 1. The Balaban J connectivity index is 0.00000288. The Morgan fingerprint density at radius 1 is 1.25 bits per heavy atom. The van der Waals surface area contributed by atoms with Crippen LogP contribution >= 0.6 is 23.7 Å². The molecular weight excluding hydrogens is 344 g/mol. The van der Waals surface area contributed by atoms with E-state index < -0.39 is 6.04 Å². The minimum absolute atomic E-state index is 0. The number of hydrogen-bond acceptors (Lipinski definition) is 4. The van der Waals surface area contributed by atoms with Crippen molar-refractivity contribution < 1.29 is 9.53 Å². The SMILES string of the molecule is CCC(C)C(N)C(=O)NCc1ccc(-c2ccc(OC)cc2)s1.Cl. The molecule has 2 unspecified atom stereocenters. The number of amides is 1. The van der Waals surface area contributed by atoms with Gasteiger partial charge in [0, 0.05) is 9.75 Å². The van der Waals surface area contributed by atoms with Gasteiger partial charge >= 0.3 is 0 Å². The van der Waals surface area contributed by atoms with E-state index in [2.05, 4.69) is 11.4 Å². The lowest BCUT2D eigenvalue weighted by atomic mass is 9.99. The van der Waals surface area contributed by atoms with E-state index in [9.17, 15) is 4.79 Å². The Morgan fingerprint density at radius 2 is 1.92 bits per heavy atom. The molecular formula is C18H25ClN2O2S. The highest BCUT2D eigenvalue weighted by molar-refractivity contribution is 7.15. The van der Waals surface area contributed by atoms with Gasteiger partial charge in [-0.3, -0.25) is 4.79 Å². The van der Waals surface area contributed by atoms with Crippen LogP contribution in [0.5, 0.6) is 5.75 Å². The Hall–Kier alpha value is -1.56. The monoisotopic (exact) mass is 368 g/mol. The number of hydrogen-bond donors (Lipinski definition) is 2. The quantitative estimate of drug-likeness (QED) is 0.780. The molecule has 0 aliphatic rings.